The topological polar surface area (TPSA) is 84.1 Å². The van der Waals surface area contributed by atoms with Gasteiger partial charge in [0.05, 0.1) is 24.5 Å². The molecule has 2 aromatic carbocycles. The number of ketones is 1. The van der Waals surface area contributed by atoms with E-state index in [0.29, 0.717) is 16.9 Å². The van der Waals surface area contributed by atoms with E-state index < -0.39 is 30.3 Å². The van der Waals surface area contributed by atoms with Gasteiger partial charge in [-0.05, 0) is 43.7 Å². The van der Waals surface area contributed by atoms with E-state index in [1.807, 2.05) is 25.1 Å². The highest BCUT2D eigenvalue weighted by atomic mass is 19.1. The van der Waals surface area contributed by atoms with Crippen molar-refractivity contribution in [2.24, 2.45) is 0 Å². The number of aryl methyl sites for hydroxylation is 2. The Morgan fingerprint density at radius 2 is 1.71 bits per heavy atom. The minimum absolute atomic E-state index is 0.149. The number of aromatic nitrogens is 2. The van der Waals surface area contributed by atoms with E-state index in [1.54, 1.807) is 35.7 Å². The molecule has 35 heavy (non-hydrogen) atoms. The number of nitrogens with zero attached hydrogens (tertiary/aromatic N) is 2. The molecule has 0 spiro atoms. The molecule has 0 saturated carbocycles. The number of benzene rings is 2. The van der Waals surface area contributed by atoms with Gasteiger partial charge in [0, 0.05) is 18.0 Å². The molecule has 2 aromatic heterocycles. The van der Waals surface area contributed by atoms with Crippen LogP contribution in [0.1, 0.15) is 39.3 Å². The van der Waals surface area contributed by atoms with Crippen molar-refractivity contribution in [3.63, 3.8) is 0 Å². The monoisotopic (exact) mass is 480 g/mol. The van der Waals surface area contributed by atoms with Crippen molar-refractivity contribution in [3.05, 3.63) is 101 Å². The van der Waals surface area contributed by atoms with Crippen LogP contribution in [0.3, 0.4) is 0 Å². The highest BCUT2D eigenvalue weighted by Crippen LogP contribution is 2.31. The lowest BCUT2D eigenvalue weighted by molar-refractivity contribution is 0.0782. The van der Waals surface area contributed by atoms with Crippen LogP contribution in [-0.2, 0) is 12.0 Å². The molecule has 0 fully saturated rings. The molecular weight excluding hydrogens is 454 g/mol. The maximum atomic E-state index is 14.0. The van der Waals surface area contributed by atoms with Crippen molar-refractivity contribution in [2.45, 2.75) is 32.3 Å². The molecule has 182 valence electrons. The number of halogens is 2. The van der Waals surface area contributed by atoms with Gasteiger partial charge in [0.1, 0.15) is 23.9 Å². The fourth-order valence-electron chi connectivity index (χ4n) is 4.24. The number of carbonyl (C=O) groups is 1. The van der Waals surface area contributed by atoms with Gasteiger partial charge in [-0.2, -0.15) is 0 Å². The molecule has 8 heteroatoms. The van der Waals surface area contributed by atoms with Gasteiger partial charge in [-0.25, -0.2) is 13.8 Å². The zero-order chi connectivity index (χ0) is 25.2. The minimum Gasteiger partial charge on any atom is -0.485 e. The first kappa shape index (κ1) is 24.5. The second-order valence-electron chi connectivity index (χ2n) is 8.67. The predicted molar refractivity (Wildman–Crippen MR) is 127 cm³/mol. The molecule has 4 rings (SSSR count). The maximum Gasteiger partial charge on any atom is 0.182 e. The van der Waals surface area contributed by atoms with Crippen LogP contribution in [0.25, 0.3) is 5.65 Å². The molecule has 2 heterocycles. The lowest BCUT2D eigenvalue weighted by atomic mass is 9.76. The standard InChI is InChI=1S/C27H26F2N2O4/c1-17-6-3-7-19(12-17)27(15-32,16-33)13-23(34)25-18(2)30-26-24(10-5-11-31(25)26)35-14-20-21(28)8-4-9-22(20)29/h3-12,32-33H,13-16H2,1-2H3. The van der Waals surface area contributed by atoms with Gasteiger partial charge in [-0.3, -0.25) is 9.20 Å². The zero-order valence-electron chi connectivity index (χ0n) is 19.5. The van der Waals surface area contributed by atoms with Crippen molar-refractivity contribution >= 4 is 11.4 Å². The number of hydrogen-bond donors (Lipinski definition) is 2. The average Bonchev–Trinajstić information content (AvgIpc) is 3.19. The number of ether oxygens (including phenoxy) is 1. The van der Waals surface area contributed by atoms with Gasteiger partial charge in [-0.15, -0.1) is 0 Å². The summed E-state index contributed by atoms with van der Waals surface area (Å²) in [4.78, 5) is 18.0. The summed E-state index contributed by atoms with van der Waals surface area (Å²) in [7, 11) is 0. The Hall–Kier alpha value is -3.62. The maximum absolute atomic E-state index is 14.0. The summed E-state index contributed by atoms with van der Waals surface area (Å²) in [5.41, 5.74) is 1.26. The first-order valence-electron chi connectivity index (χ1n) is 11.1. The summed E-state index contributed by atoms with van der Waals surface area (Å²) in [5, 5.41) is 20.4. The molecule has 0 unspecified atom stereocenters. The molecule has 0 radical (unpaired) electrons. The quantitative estimate of drug-likeness (QED) is 0.349. The van der Waals surface area contributed by atoms with E-state index in [4.69, 9.17) is 4.74 Å². The van der Waals surface area contributed by atoms with Crippen molar-refractivity contribution < 1.29 is 28.5 Å². The van der Waals surface area contributed by atoms with E-state index in [2.05, 4.69) is 4.98 Å². The van der Waals surface area contributed by atoms with Gasteiger partial charge in [0.25, 0.3) is 0 Å². The Morgan fingerprint density at radius 3 is 2.37 bits per heavy atom. The van der Waals surface area contributed by atoms with E-state index in [-0.39, 0.29) is 35.8 Å². The molecule has 0 saturated heterocycles. The number of hydrogen-bond acceptors (Lipinski definition) is 5. The molecule has 6 nitrogen and oxygen atoms in total. The van der Waals surface area contributed by atoms with Crippen molar-refractivity contribution in [3.8, 4) is 5.75 Å². The summed E-state index contributed by atoms with van der Waals surface area (Å²) in [6.45, 7) is 2.38. The molecule has 2 N–H and O–H groups in total. The van der Waals surface area contributed by atoms with Crippen molar-refractivity contribution in [1.82, 2.24) is 9.38 Å². The van der Waals surface area contributed by atoms with Crippen LogP contribution in [0.4, 0.5) is 8.78 Å². The summed E-state index contributed by atoms with van der Waals surface area (Å²) < 4.78 is 35.3. The molecule has 0 aliphatic rings. The smallest absolute Gasteiger partial charge is 0.182 e. The lowest BCUT2D eigenvalue weighted by Crippen LogP contribution is -2.37. The number of aliphatic hydroxyl groups excluding tert-OH is 2. The number of carbonyl (C=O) groups excluding carboxylic acids is 1. The van der Waals surface area contributed by atoms with Gasteiger partial charge in [0.2, 0.25) is 0 Å². The van der Waals surface area contributed by atoms with E-state index in [0.717, 1.165) is 17.7 Å². The third-order valence-electron chi connectivity index (χ3n) is 6.22. The Balaban J connectivity index is 1.67. The van der Waals surface area contributed by atoms with E-state index in [1.165, 1.54) is 6.07 Å². The largest absolute Gasteiger partial charge is 0.485 e. The highest BCUT2D eigenvalue weighted by Gasteiger charge is 2.35. The summed E-state index contributed by atoms with van der Waals surface area (Å²) in [6.07, 6.45) is 1.49. The minimum atomic E-state index is -1.17. The molecule has 0 aliphatic heterocycles. The molecular formula is C27H26F2N2O4. The fraction of sp³-hybridized carbons (Fsp3) is 0.259. The van der Waals surface area contributed by atoms with Crippen molar-refractivity contribution in [1.29, 1.82) is 0 Å². The normalized spacial score (nSPS) is 11.7. The number of aliphatic hydroxyl groups is 2. The van der Waals surface area contributed by atoms with Gasteiger partial charge >= 0.3 is 0 Å². The van der Waals surface area contributed by atoms with Gasteiger partial charge in [-0.1, -0.05) is 35.9 Å². The molecule has 0 amide bonds. The number of imidazole rings is 1. The van der Waals surface area contributed by atoms with Crippen LogP contribution in [0.2, 0.25) is 0 Å². The van der Waals surface area contributed by atoms with Crippen LogP contribution < -0.4 is 4.74 Å². The second-order valence-corrected chi connectivity index (χ2v) is 8.67. The summed E-state index contributed by atoms with van der Waals surface area (Å²) in [5.74, 6) is -1.50. The summed E-state index contributed by atoms with van der Waals surface area (Å²) >= 11 is 0. The Bertz CT molecular complexity index is 1360. The number of Topliss-reactive ketones (excluding diaryl/α,β-unsaturated/α-hetero) is 1. The van der Waals surface area contributed by atoms with Gasteiger partial charge in [0.15, 0.2) is 17.2 Å². The van der Waals surface area contributed by atoms with Crippen LogP contribution >= 0.6 is 0 Å². The third kappa shape index (κ3) is 4.67. The predicted octanol–water partition coefficient (Wildman–Crippen LogP) is 4.30. The molecule has 0 aliphatic carbocycles. The number of rotatable bonds is 9. The Morgan fingerprint density at radius 1 is 1.03 bits per heavy atom. The number of fused-ring (bicyclic) bond motifs is 1. The summed E-state index contributed by atoms with van der Waals surface area (Å²) in [6, 6.07) is 14.2. The van der Waals surface area contributed by atoms with E-state index in [9.17, 15) is 23.8 Å². The fourth-order valence-corrected chi connectivity index (χ4v) is 4.24. The average molecular weight is 481 g/mol. The van der Waals surface area contributed by atoms with Crippen LogP contribution in [0.15, 0.2) is 60.8 Å². The second kappa shape index (κ2) is 9.93. The van der Waals surface area contributed by atoms with E-state index >= 15 is 0 Å². The third-order valence-corrected chi connectivity index (χ3v) is 6.22. The van der Waals surface area contributed by atoms with Crippen LogP contribution in [-0.4, -0.2) is 38.6 Å². The van der Waals surface area contributed by atoms with Crippen LogP contribution in [0, 0.1) is 25.5 Å². The van der Waals surface area contributed by atoms with Crippen LogP contribution in [0.5, 0.6) is 5.75 Å². The molecule has 0 atom stereocenters. The first-order chi connectivity index (χ1) is 16.8. The van der Waals surface area contributed by atoms with Gasteiger partial charge < -0.3 is 14.9 Å². The SMILES string of the molecule is Cc1cccc(C(CO)(CO)CC(=O)c2c(C)nc3c(OCc4c(F)cccc4F)cccn23)c1. The highest BCUT2D eigenvalue weighted by molar-refractivity contribution is 5.97. The Labute approximate surface area is 201 Å². The Kier molecular flexibility index (Phi) is 6.95. The number of pyridine rings is 1. The lowest BCUT2D eigenvalue weighted by Gasteiger charge is -2.30. The van der Waals surface area contributed by atoms with Crippen molar-refractivity contribution in [2.75, 3.05) is 13.2 Å². The molecule has 0 bridgehead atoms. The molecule has 4 aromatic rings. The first-order valence-corrected chi connectivity index (χ1v) is 11.1. The zero-order valence-corrected chi connectivity index (χ0v) is 19.5.